The molecule has 2 fully saturated rings. The van der Waals surface area contributed by atoms with Gasteiger partial charge in [-0.15, -0.1) is 0 Å². The van der Waals surface area contributed by atoms with Gasteiger partial charge in [0.25, 0.3) is 5.91 Å². The summed E-state index contributed by atoms with van der Waals surface area (Å²) in [5.41, 5.74) is 0.624. The van der Waals surface area contributed by atoms with Crippen LogP contribution in [0.2, 0.25) is 0 Å². The zero-order valence-electron chi connectivity index (χ0n) is 13.8. The van der Waals surface area contributed by atoms with E-state index < -0.39 is 0 Å². The van der Waals surface area contributed by atoms with Crippen molar-refractivity contribution in [3.8, 4) is 0 Å². The average Bonchev–Trinajstić information content (AvgIpc) is 3.14. The van der Waals surface area contributed by atoms with Crippen LogP contribution < -0.4 is 5.32 Å². The topological polar surface area (TPSA) is 52.7 Å². The molecule has 0 unspecified atom stereocenters. The molecule has 0 saturated carbocycles. The van der Waals surface area contributed by atoms with Crippen molar-refractivity contribution < 1.29 is 9.59 Å². The predicted octanol–water partition coefficient (Wildman–Crippen LogP) is 2.11. The third-order valence-electron chi connectivity index (χ3n) is 4.99. The Morgan fingerprint density at radius 3 is 2.42 bits per heavy atom. The lowest BCUT2D eigenvalue weighted by Crippen LogP contribution is -2.48. The van der Waals surface area contributed by atoms with Crippen molar-refractivity contribution in [2.75, 3.05) is 32.7 Å². The molecule has 0 aromatic heterocycles. The minimum absolute atomic E-state index is 0.0224. The van der Waals surface area contributed by atoms with Crippen LogP contribution >= 0.6 is 22.6 Å². The number of nitrogens with zero attached hydrogens (tertiary/aromatic N) is 2. The number of hydrogen-bond donors (Lipinski definition) is 1. The Kier molecular flexibility index (Phi) is 6.10. The van der Waals surface area contributed by atoms with Gasteiger partial charge < -0.3 is 15.1 Å². The first-order valence-corrected chi connectivity index (χ1v) is 9.77. The molecular formula is C18H24IN3O2. The molecule has 1 aromatic rings. The van der Waals surface area contributed by atoms with Crippen molar-refractivity contribution in [1.29, 1.82) is 0 Å². The van der Waals surface area contributed by atoms with Crippen molar-refractivity contribution in [3.05, 3.63) is 33.4 Å². The zero-order chi connectivity index (χ0) is 16.9. The minimum Gasteiger partial charge on any atom is -0.343 e. The number of benzene rings is 1. The van der Waals surface area contributed by atoms with Crippen LogP contribution in [0.3, 0.4) is 0 Å². The fraction of sp³-hybridized carbons (Fsp3) is 0.556. The molecular weight excluding hydrogens is 417 g/mol. The minimum atomic E-state index is -0.180. The molecule has 1 aromatic carbocycles. The summed E-state index contributed by atoms with van der Waals surface area (Å²) in [6, 6.07) is 8.04. The normalized spacial score (nSPS) is 19.5. The summed E-state index contributed by atoms with van der Waals surface area (Å²) >= 11 is 2.14. The van der Waals surface area contributed by atoms with Gasteiger partial charge in [-0.1, -0.05) is 12.1 Å². The molecule has 0 aliphatic carbocycles. The molecule has 2 amide bonds. The van der Waals surface area contributed by atoms with E-state index >= 15 is 0 Å². The van der Waals surface area contributed by atoms with E-state index in [2.05, 4.69) is 32.8 Å². The van der Waals surface area contributed by atoms with Gasteiger partial charge in [0.2, 0.25) is 5.91 Å². The van der Waals surface area contributed by atoms with Crippen LogP contribution in [0, 0.1) is 3.57 Å². The quantitative estimate of drug-likeness (QED) is 0.729. The van der Waals surface area contributed by atoms with E-state index in [-0.39, 0.29) is 18.4 Å². The van der Waals surface area contributed by atoms with E-state index in [1.807, 2.05) is 23.1 Å². The average molecular weight is 441 g/mol. The van der Waals surface area contributed by atoms with E-state index in [1.165, 1.54) is 25.9 Å². The summed E-state index contributed by atoms with van der Waals surface area (Å²) in [5.74, 6) is -0.158. The molecule has 2 aliphatic heterocycles. The van der Waals surface area contributed by atoms with Crippen molar-refractivity contribution in [2.24, 2.45) is 0 Å². The fourth-order valence-electron chi connectivity index (χ4n) is 3.60. The maximum atomic E-state index is 12.3. The highest BCUT2D eigenvalue weighted by Gasteiger charge is 2.28. The Bertz CT molecular complexity index is 594. The van der Waals surface area contributed by atoms with Crippen LogP contribution in [0.1, 0.15) is 36.0 Å². The van der Waals surface area contributed by atoms with E-state index in [9.17, 15) is 9.59 Å². The summed E-state index contributed by atoms with van der Waals surface area (Å²) in [6.45, 7) is 4.12. The lowest BCUT2D eigenvalue weighted by molar-refractivity contribution is -0.131. The first kappa shape index (κ1) is 17.7. The van der Waals surface area contributed by atoms with Gasteiger partial charge in [-0.05, 0) is 73.5 Å². The number of amides is 2. The van der Waals surface area contributed by atoms with Crippen molar-refractivity contribution >= 4 is 34.4 Å². The predicted molar refractivity (Wildman–Crippen MR) is 102 cm³/mol. The third-order valence-corrected chi connectivity index (χ3v) is 5.93. The monoisotopic (exact) mass is 441 g/mol. The van der Waals surface area contributed by atoms with E-state index in [0.29, 0.717) is 11.6 Å². The van der Waals surface area contributed by atoms with E-state index in [1.54, 1.807) is 6.07 Å². The second kappa shape index (κ2) is 8.29. The molecule has 24 heavy (non-hydrogen) atoms. The van der Waals surface area contributed by atoms with Crippen LogP contribution in [0.4, 0.5) is 0 Å². The van der Waals surface area contributed by atoms with E-state index in [0.717, 1.165) is 29.5 Å². The fourth-order valence-corrected chi connectivity index (χ4v) is 4.23. The first-order chi connectivity index (χ1) is 11.6. The second-order valence-corrected chi connectivity index (χ2v) is 7.68. The summed E-state index contributed by atoms with van der Waals surface area (Å²) < 4.78 is 0.895. The maximum Gasteiger partial charge on any atom is 0.252 e. The Labute approximate surface area is 156 Å². The molecule has 0 spiro atoms. The number of rotatable bonds is 4. The number of carbonyl (C=O) groups is 2. The summed E-state index contributed by atoms with van der Waals surface area (Å²) in [4.78, 5) is 29.0. The van der Waals surface area contributed by atoms with Gasteiger partial charge in [-0.2, -0.15) is 0 Å². The Hall–Kier alpha value is -1.15. The van der Waals surface area contributed by atoms with Crippen LogP contribution in [0.5, 0.6) is 0 Å². The second-order valence-electron chi connectivity index (χ2n) is 6.52. The Balaban J connectivity index is 1.44. The highest BCUT2D eigenvalue weighted by Crippen LogP contribution is 2.21. The molecule has 6 heteroatoms. The third kappa shape index (κ3) is 4.27. The number of piperidine rings is 1. The molecule has 0 radical (unpaired) electrons. The first-order valence-electron chi connectivity index (χ1n) is 8.69. The van der Waals surface area contributed by atoms with Gasteiger partial charge in [0.15, 0.2) is 0 Å². The Morgan fingerprint density at radius 2 is 1.75 bits per heavy atom. The number of nitrogens with one attached hydrogen (secondary N) is 1. The van der Waals surface area contributed by atoms with Crippen LogP contribution in [0.15, 0.2) is 24.3 Å². The van der Waals surface area contributed by atoms with Crippen LogP contribution in [-0.2, 0) is 4.79 Å². The SMILES string of the molecule is O=C(NCC(=O)N1CCC(N2CCCC2)CC1)c1ccccc1I. The highest BCUT2D eigenvalue weighted by molar-refractivity contribution is 14.1. The molecule has 0 atom stereocenters. The summed E-state index contributed by atoms with van der Waals surface area (Å²) in [7, 11) is 0. The standard InChI is InChI=1S/C18H24IN3O2/c19-16-6-2-1-5-15(16)18(24)20-13-17(23)22-11-7-14(8-12-22)21-9-3-4-10-21/h1-2,5-6,14H,3-4,7-13H2,(H,20,24). The molecule has 5 nitrogen and oxygen atoms in total. The van der Waals surface area contributed by atoms with E-state index in [4.69, 9.17) is 0 Å². The number of hydrogen-bond acceptors (Lipinski definition) is 3. The molecule has 3 rings (SSSR count). The molecule has 130 valence electrons. The lowest BCUT2D eigenvalue weighted by atomic mass is 10.0. The zero-order valence-corrected chi connectivity index (χ0v) is 16.0. The van der Waals surface area contributed by atoms with Crippen LogP contribution in [-0.4, -0.2) is 60.4 Å². The van der Waals surface area contributed by atoms with Crippen molar-refractivity contribution in [3.63, 3.8) is 0 Å². The molecule has 2 saturated heterocycles. The molecule has 1 N–H and O–H groups in total. The number of halogens is 1. The Morgan fingerprint density at radius 1 is 1.08 bits per heavy atom. The molecule has 0 bridgehead atoms. The number of likely N-dealkylation sites (tertiary alicyclic amines) is 2. The number of carbonyl (C=O) groups excluding carboxylic acids is 2. The highest BCUT2D eigenvalue weighted by atomic mass is 127. The van der Waals surface area contributed by atoms with Gasteiger partial charge in [-0.3, -0.25) is 9.59 Å². The largest absolute Gasteiger partial charge is 0.343 e. The smallest absolute Gasteiger partial charge is 0.252 e. The van der Waals surface area contributed by atoms with Gasteiger partial charge in [0.1, 0.15) is 0 Å². The van der Waals surface area contributed by atoms with Gasteiger partial charge in [0, 0.05) is 22.7 Å². The molecule has 2 heterocycles. The van der Waals surface area contributed by atoms with Crippen molar-refractivity contribution in [1.82, 2.24) is 15.1 Å². The molecule has 2 aliphatic rings. The van der Waals surface area contributed by atoms with Gasteiger partial charge >= 0.3 is 0 Å². The van der Waals surface area contributed by atoms with Gasteiger partial charge in [0.05, 0.1) is 12.1 Å². The lowest BCUT2D eigenvalue weighted by Gasteiger charge is -2.36. The maximum absolute atomic E-state index is 12.3. The summed E-state index contributed by atoms with van der Waals surface area (Å²) in [5, 5.41) is 2.76. The van der Waals surface area contributed by atoms with Crippen molar-refractivity contribution in [2.45, 2.75) is 31.7 Å². The summed E-state index contributed by atoms with van der Waals surface area (Å²) in [6.07, 6.45) is 4.72. The van der Waals surface area contributed by atoms with Crippen LogP contribution in [0.25, 0.3) is 0 Å². The van der Waals surface area contributed by atoms with Gasteiger partial charge in [-0.25, -0.2) is 0 Å².